The Kier molecular flexibility index (Phi) is 8.20. The van der Waals surface area contributed by atoms with E-state index >= 15 is 0 Å². The predicted molar refractivity (Wildman–Crippen MR) is 102 cm³/mol. The van der Waals surface area contributed by atoms with E-state index in [0.717, 1.165) is 0 Å². The molecule has 0 radical (unpaired) electrons. The van der Waals surface area contributed by atoms with E-state index in [0.29, 0.717) is 16.7 Å². The summed E-state index contributed by atoms with van der Waals surface area (Å²) in [6.07, 6.45) is 0. The van der Waals surface area contributed by atoms with Crippen LogP contribution in [0.25, 0.3) is 0 Å². The predicted octanol–water partition coefficient (Wildman–Crippen LogP) is 3.89. The van der Waals surface area contributed by atoms with Gasteiger partial charge in [0.05, 0.1) is 16.7 Å². The number of hydrogen-bond donors (Lipinski definition) is 0. The number of ether oxygens (including phenoxy) is 3. The number of hydrogen-bond acceptors (Lipinski definition) is 6. The van der Waals surface area contributed by atoms with E-state index in [4.69, 9.17) is 14.2 Å². The molecule has 1 aromatic carbocycles. The smallest absolute Gasteiger partial charge is 0.339 e. The van der Waals surface area contributed by atoms with Crippen LogP contribution in [0.2, 0.25) is 0 Å². The topological polar surface area (TPSA) is 78.9 Å². The van der Waals surface area contributed by atoms with Crippen LogP contribution >= 0.6 is 0 Å². The maximum Gasteiger partial charge on any atom is 0.339 e. The molecule has 0 saturated carbocycles. The molecule has 1 aromatic rings. The van der Waals surface area contributed by atoms with Gasteiger partial charge in [0.25, 0.3) is 0 Å². The van der Waals surface area contributed by atoms with Gasteiger partial charge in [0.15, 0.2) is 0 Å². The minimum Gasteiger partial charge on any atom is -0.458 e. The van der Waals surface area contributed by atoms with Gasteiger partial charge in [-0.15, -0.1) is 0 Å². The van der Waals surface area contributed by atoms with Crippen molar-refractivity contribution in [3.63, 3.8) is 0 Å². The Morgan fingerprint density at radius 2 is 1.11 bits per heavy atom. The largest absolute Gasteiger partial charge is 0.458 e. The molecule has 1 rings (SSSR count). The minimum absolute atomic E-state index is 0.0105. The quantitative estimate of drug-likeness (QED) is 0.372. The molecule has 6 nitrogen and oxygen atoms in total. The van der Waals surface area contributed by atoms with Crippen molar-refractivity contribution < 1.29 is 28.6 Å². The van der Waals surface area contributed by atoms with Gasteiger partial charge in [-0.25, -0.2) is 14.4 Å². The SMILES string of the molecule is C=C(C)COC(=O)c1ccc(C(=O)OCC(=C)C)c(C(=O)OCC(=C)C)c1. The van der Waals surface area contributed by atoms with Crippen LogP contribution in [0.15, 0.2) is 54.7 Å². The average molecular weight is 372 g/mol. The second-order valence-corrected chi connectivity index (χ2v) is 6.36. The molecule has 0 spiro atoms. The molecule has 6 heteroatoms. The summed E-state index contributed by atoms with van der Waals surface area (Å²) in [7, 11) is 0. The summed E-state index contributed by atoms with van der Waals surface area (Å²) < 4.78 is 15.3. The van der Waals surface area contributed by atoms with E-state index in [-0.39, 0.29) is 36.5 Å². The van der Waals surface area contributed by atoms with Crippen molar-refractivity contribution in [3.05, 3.63) is 71.3 Å². The van der Waals surface area contributed by atoms with Crippen LogP contribution in [0.4, 0.5) is 0 Å². The van der Waals surface area contributed by atoms with Gasteiger partial charge in [0.1, 0.15) is 19.8 Å². The fourth-order valence-electron chi connectivity index (χ4n) is 1.82. The van der Waals surface area contributed by atoms with Crippen LogP contribution in [-0.4, -0.2) is 37.7 Å². The average Bonchev–Trinajstić information content (AvgIpc) is 2.61. The Balaban J connectivity index is 3.17. The van der Waals surface area contributed by atoms with E-state index in [1.807, 2.05) is 0 Å². The highest BCUT2D eigenvalue weighted by Crippen LogP contribution is 2.17. The molecule has 0 aliphatic heterocycles. The molecule has 0 aliphatic rings. The number of benzene rings is 1. The first-order valence-electron chi connectivity index (χ1n) is 8.20. The monoisotopic (exact) mass is 372 g/mol. The lowest BCUT2D eigenvalue weighted by molar-refractivity contribution is 0.0491. The van der Waals surface area contributed by atoms with Crippen molar-refractivity contribution >= 4 is 17.9 Å². The first-order chi connectivity index (χ1) is 12.6. The highest BCUT2D eigenvalue weighted by atomic mass is 16.5. The molecule has 0 fully saturated rings. The van der Waals surface area contributed by atoms with Gasteiger partial charge < -0.3 is 14.2 Å². The number of esters is 3. The van der Waals surface area contributed by atoms with Gasteiger partial charge in [-0.3, -0.25) is 0 Å². The lowest BCUT2D eigenvalue weighted by atomic mass is 10.0. The molecule has 27 heavy (non-hydrogen) atoms. The zero-order valence-corrected chi connectivity index (χ0v) is 15.9. The second-order valence-electron chi connectivity index (χ2n) is 6.36. The lowest BCUT2D eigenvalue weighted by Crippen LogP contribution is -2.17. The first-order valence-corrected chi connectivity index (χ1v) is 8.20. The maximum absolute atomic E-state index is 12.4. The molecule has 0 heterocycles. The van der Waals surface area contributed by atoms with E-state index in [2.05, 4.69) is 19.7 Å². The normalized spacial score (nSPS) is 9.89. The molecule has 0 atom stereocenters. The number of carbonyl (C=O) groups excluding carboxylic acids is 3. The van der Waals surface area contributed by atoms with Gasteiger partial charge in [-0.1, -0.05) is 19.7 Å². The molecule has 0 bridgehead atoms. The van der Waals surface area contributed by atoms with Crippen LogP contribution in [0.3, 0.4) is 0 Å². The van der Waals surface area contributed by atoms with Gasteiger partial charge in [-0.05, 0) is 55.7 Å². The first kappa shape index (κ1) is 21.9. The molecule has 0 amide bonds. The highest BCUT2D eigenvalue weighted by molar-refractivity contribution is 6.05. The van der Waals surface area contributed by atoms with Crippen molar-refractivity contribution in [2.75, 3.05) is 19.8 Å². The highest BCUT2D eigenvalue weighted by Gasteiger charge is 2.22. The minimum atomic E-state index is -0.769. The Hall–Kier alpha value is -3.15. The molecule has 144 valence electrons. The van der Waals surface area contributed by atoms with Crippen LogP contribution in [-0.2, 0) is 14.2 Å². The van der Waals surface area contributed by atoms with Gasteiger partial charge >= 0.3 is 17.9 Å². The molecule has 0 N–H and O–H groups in total. The molecule has 0 saturated heterocycles. The van der Waals surface area contributed by atoms with Crippen molar-refractivity contribution in [1.82, 2.24) is 0 Å². The van der Waals surface area contributed by atoms with Crippen LogP contribution in [0.5, 0.6) is 0 Å². The molecule has 0 aromatic heterocycles. The maximum atomic E-state index is 12.4. The fraction of sp³-hybridized carbons (Fsp3) is 0.286. The van der Waals surface area contributed by atoms with Gasteiger partial charge in [0.2, 0.25) is 0 Å². The Morgan fingerprint density at radius 1 is 0.704 bits per heavy atom. The Labute approximate surface area is 159 Å². The molecule has 0 unspecified atom stereocenters. The summed E-state index contributed by atoms with van der Waals surface area (Å²) in [6, 6.07) is 3.96. The van der Waals surface area contributed by atoms with E-state index in [1.165, 1.54) is 18.2 Å². The summed E-state index contributed by atoms with van der Waals surface area (Å²) in [6.45, 7) is 16.1. The van der Waals surface area contributed by atoms with Crippen LogP contribution in [0, 0.1) is 0 Å². The summed E-state index contributed by atoms with van der Waals surface area (Å²) in [4.78, 5) is 36.8. The standard InChI is InChI=1S/C21H24O6/c1-13(2)10-25-19(22)16-7-8-17(20(23)26-11-14(3)4)18(9-16)21(24)27-12-15(5)6/h7-9H,1,3,5,10-12H2,2,4,6H3. The number of rotatable bonds is 9. The third-order valence-corrected chi connectivity index (χ3v) is 3.04. The van der Waals surface area contributed by atoms with Crippen LogP contribution < -0.4 is 0 Å². The molecular weight excluding hydrogens is 348 g/mol. The summed E-state index contributed by atoms with van der Waals surface area (Å²) in [5.74, 6) is -2.13. The third-order valence-electron chi connectivity index (χ3n) is 3.04. The Morgan fingerprint density at radius 3 is 1.56 bits per heavy atom. The fourth-order valence-corrected chi connectivity index (χ4v) is 1.82. The van der Waals surface area contributed by atoms with Crippen molar-refractivity contribution in [1.29, 1.82) is 0 Å². The third kappa shape index (κ3) is 7.32. The van der Waals surface area contributed by atoms with E-state index < -0.39 is 17.9 Å². The Bertz CT molecular complexity index is 788. The van der Waals surface area contributed by atoms with E-state index in [9.17, 15) is 14.4 Å². The summed E-state index contributed by atoms with van der Waals surface area (Å²) >= 11 is 0. The molecule has 0 aliphatic carbocycles. The van der Waals surface area contributed by atoms with Crippen molar-refractivity contribution in [2.45, 2.75) is 20.8 Å². The van der Waals surface area contributed by atoms with E-state index in [1.54, 1.807) is 20.8 Å². The zero-order chi connectivity index (χ0) is 20.6. The van der Waals surface area contributed by atoms with Crippen molar-refractivity contribution in [3.8, 4) is 0 Å². The lowest BCUT2D eigenvalue weighted by Gasteiger charge is -2.12. The summed E-state index contributed by atoms with van der Waals surface area (Å²) in [5, 5.41) is 0. The summed E-state index contributed by atoms with van der Waals surface area (Å²) in [5.41, 5.74) is 1.95. The number of carbonyl (C=O) groups is 3. The second kappa shape index (κ2) is 10.1. The van der Waals surface area contributed by atoms with Crippen molar-refractivity contribution in [2.24, 2.45) is 0 Å². The van der Waals surface area contributed by atoms with Gasteiger partial charge in [-0.2, -0.15) is 0 Å². The zero-order valence-electron chi connectivity index (χ0n) is 15.9. The van der Waals surface area contributed by atoms with Gasteiger partial charge in [0, 0.05) is 0 Å². The molecular formula is C21H24O6. The van der Waals surface area contributed by atoms with Crippen LogP contribution in [0.1, 0.15) is 51.8 Å².